The summed E-state index contributed by atoms with van der Waals surface area (Å²) in [4.78, 5) is 106. The van der Waals surface area contributed by atoms with Gasteiger partial charge >= 0.3 is 35.8 Å². The topological polar surface area (TPSA) is 319 Å². The first-order chi connectivity index (χ1) is 22.7. The number of esters is 1. The van der Waals surface area contributed by atoms with Gasteiger partial charge in [-0.25, -0.2) is 14.4 Å². The highest BCUT2D eigenvalue weighted by Gasteiger charge is 2.53. The molecular weight excluding hydrogens is 654 g/mol. The summed E-state index contributed by atoms with van der Waals surface area (Å²) in [6.45, 7) is 3.42. The zero-order chi connectivity index (χ0) is 38.1. The first-order valence-corrected chi connectivity index (χ1v) is 15.9. The van der Waals surface area contributed by atoms with Crippen molar-refractivity contribution >= 4 is 53.3 Å². The Morgan fingerprint density at radius 1 is 0.816 bits per heavy atom. The number of carboxylic acid groups (broad SMARTS) is 5. The molecule has 0 heterocycles. The quantitative estimate of drug-likeness (QED) is 0.0567. The van der Waals surface area contributed by atoms with Gasteiger partial charge in [0.05, 0.1) is 12.0 Å². The van der Waals surface area contributed by atoms with Gasteiger partial charge in [0.1, 0.15) is 12.1 Å². The van der Waals surface area contributed by atoms with E-state index in [1.165, 1.54) is 7.05 Å². The van der Waals surface area contributed by atoms with Gasteiger partial charge in [-0.1, -0.05) is 26.7 Å². The number of likely N-dealkylation sites (N-methyl/N-ethyl adjacent to an activating group) is 1. The molecule has 0 aromatic heterocycles. The summed E-state index contributed by atoms with van der Waals surface area (Å²) in [5.41, 5.74) is 8.23. The molecule has 2 unspecified atom stereocenters. The summed E-state index contributed by atoms with van der Waals surface area (Å²) in [5, 5.41) is 46.6. The minimum atomic E-state index is -2.63. The van der Waals surface area contributed by atoms with Crippen molar-refractivity contribution in [1.82, 2.24) is 4.90 Å². The number of carbonyl (C=O) groups excluding carboxylic acids is 4. The molecule has 9 N–H and O–H groups in total. The van der Waals surface area contributed by atoms with Gasteiger partial charge in [0, 0.05) is 25.7 Å². The summed E-state index contributed by atoms with van der Waals surface area (Å²) in [5.74, 6) is -12.0. The Bertz CT molecular complexity index is 1210. The van der Waals surface area contributed by atoms with Gasteiger partial charge in [-0.05, 0) is 57.9 Å². The number of carboxylic acids is 5. The van der Waals surface area contributed by atoms with Crippen molar-refractivity contribution in [3.8, 4) is 0 Å². The first-order valence-electron chi connectivity index (χ1n) is 15.9. The third kappa shape index (κ3) is 15.5. The Balaban J connectivity index is 0.00000249. The monoisotopic (exact) mass is 703 g/mol. The third-order valence-corrected chi connectivity index (χ3v) is 8.17. The van der Waals surface area contributed by atoms with Crippen LogP contribution in [0.4, 0.5) is 0 Å². The highest BCUT2D eigenvalue weighted by molar-refractivity contribution is 6.33. The largest absolute Gasteiger partial charge is 0.481 e. The molecule has 18 heteroatoms. The molecule has 0 bridgehead atoms. The van der Waals surface area contributed by atoms with Crippen LogP contribution in [0.3, 0.4) is 0 Å². The zero-order valence-corrected chi connectivity index (χ0v) is 28.0. The molecule has 1 aliphatic carbocycles. The molecule has 1 amide bonds. The minimum absolute atomic E-state index is 0.00958. The van der Waals surface area contributed by atoms with Crippen molar-refractivity contribution in [2.24, 2.45) is 23.3 Å². The van der Waals surface area contributed by atoms with Gasteiger partial charge in [-0.2, -0.15) is 0 Å². The normalized spacial score (nSPS) is 16.0. The number of hydrogen-bond donors (Lipinski definition) is 7. The average Bonchev–Trinajstić information content (AvgIpc) is 3.55. The van der Waals surface area contributed by atoms with E-state index in [9.17, 15) is 53.4 Å². The molecule has 0 aromatic carbocycles. The van der Waals surface area contributed by atoms with Crippen molar-refractivity contribution in [1.29, 1.82) is 0 Å². The molecule has 0 radical (unpaired) electrons. The van der Waals surface area contributed by atoms with Gasteiger partial charge in [0.2, 0.25) is 23.1 Å². The number of Topliss-reactive ketones (excluding diaryl/α,β-unsaturated/α-hetero) is 2. The Labute approximate surface area is 283 Å². The molecule has 1 aliphatic rings. The zero-order valence-electron chi connectivity index (χ0n) is 28.0. The Kier molecular flexibility index (Phi) is 19.6. The van der Waals surface area contributed by atoms with E-state index in [4.69, 9.17) is 31.5 Å². The SMILES string of the molecule is CC(C)C[C@@H](C(=O)O)N(C)C(CCCC(=O)C(=O)O)C(CCCC(=O)C(=O)O)(OC(=O)[C@@H](N)CCC(N)=O)C(=O)O.O=C(O)C1CCCC1. The van der Waals surface area contributed by atoms with Crippen LogP contribution in [0.15, 0.2) is 0 Å². The number of nitrogens with two attached hydrogens (primary N) is 2. The Morgan fingerprint density at radius 2 is 1.33 bits per heavy atom. The lowest BCUT2D eigenvalue weighted by Crippen LogP contribution is -2.63. The van der Waals surface area contributed by atoms with Crippen molar-refractivity contribution in [2.75, 3.05) is 7.05 Å². The molecule has 0 aromatic rings. The number of primary amides is 1. The summed E-state index contributed by atoms with van der Waals surface area (Å²) in [7, 11) is 1.26. The van der Waals surface area contributed by atoms with Crippen LogP contribution in [0, 0.1) is 11.8 Å². The van der Waals surface area contributed by atoms with E-state index in [2.05, 4.69) is 0 Å². The number of hydrogen-bond acceptors (Lipinski definition) is 12. The molecule has 1 fully saturated rings. The van der Waals surface area contributed by atoms with Crippen molar-refractivity contribution in [3.63, 3.8) is 0 Å². The minimum Gasteiger partial charge on any atom is -0.481 e. The van der Waals surface area contributed by atoms with E-state index < -0.39 is 103 Å². The molecule has 49 heavy (non-hydrogen) atoms. The second kappa shape index (κ2) is 21.5. The third-order valence-electron chi connectivity index (χ3n) is 8.17. The molecule has 1 saturated carbocycles. The van der Waals surface area contributed by atoms with Crippen molar-refractivity contribution in [3.05, 3.63) is 0 Å². The number of aliphatic carboxylic acids is 5. The number of ketones is 2. The van der Waals surface area contributed by atoms with Crippen LogP contribution in [-0.2, 0) is 47.9 Å². The van der Waals surface area contributed by atoms with Crippen LogP contribution >= 0.6 is 0 Å². The van der Waals surface area contributed by atoms with E-state index >= 15 is 0 Å². The highest BCUT2D eigenvalue weighted by Crippen LogP contribution is 2.34. The number of carbonyl (C=O) groups is 9. The lowest BCUT2D eigenvalue weighted by molar-refractivity contribution is -0.193. The van der Waals surface area contributed by atoms with E-state index in [-0.39, 0.29) is 43.9 Å². The van der Waals surface area contributed by atoms with Crippen LogP contribution < -0.4 is 11.5 Å². The lowest BCUT2D eigenvalue weighted by atomic mass is 9.82. The Hall–Kier alpha value is -4.45. The molecule has 0 aliphatic heterocycles. The fraction of sp³-hybridized carbons (Fsp3) is 0.710. The molecule has 0 saturated heterocycles. The van der Waals surface area contributed by atoms with E-state index in [1.807, 2.05) is 0 Å². The summed E-state index contributed by atoms with van der Waals surface area (Å²) in [6, 6.07) is -4.39. The van der Waals surface area contributed by atoms with Gasteiger partial charge in [-0.15, -0.1) is 0 Å². The fourth-order valence-electron chi connectivity index (χ4n) is 5.47. The van der Waals surface area contributed by atoms with Gasteiger partial charge in [0.15, 0.2) is 0 Å². The van der Waals surface area contributed by atoms with Crippen LogP contribution in [0.2, 0.25) is 0 Å². The van der Waals surface area contributed by atoms with E-state index in [1.54, 1.807) is 13.8 Å². The van der Waals surface area contributed by atoms with Crippen LogP contribution in [-0.4, -0.2) is 114 Å². The smallest absolute Gasteiger partial charge is 0.372 e. The van der Waals surface area contributed by atoms with Gasteiger partial charge in [-0.3, -0.25) is 33.7 Å². The lowest BCUT2D eigenvalue weighted by Gasteiger charge is -2.44. The standard InChI is InChI=1S/C25H39N3O13.C6H10O2/c1-13(2)12-15(20(32)33)28(3)18(8-4-6-16(29)21(34)35)25(24(39)40,11-5-7-17(30)22(36)37)41-23(38)14(26)9-10-19(27)31;7-6(8)5-3-1-2-4-5/h13-15,18H,4-12,26H2,1-3H3,(H2,27,31)(H,32,33)(H,34,35)(H,36,37)(H,39,40);5H,1-4H2,(H,7,8)/t14-,15-,18?,25?;/m0./s1. The van der Waals surface area contributed by atoms with Gasteiger partial charge in [0.25, 0.3) is 0 Å². The molecular formula is C31H49N3O15. The predicted molar refractivity (Wildman–Crippen MR) is 168 cm³/mol. The van der Waals surface area contributed by atoms with E-state index in [0.717, 1.165) is 30.6 Å². The van der Waals surface area contributed by atoms with Crippen LogP contribution in [0.5, 0.6) is 0 Å². The fourth-order valence-corrected chi connectivity index (χ4v) is 5.47. The molecule has 1 rings (SSSR count). The van der Waals surface area contributed by atoms with Crippen molar-refractivity contribution in [2.45, 2.75) is 121 Å². The molecule has 18 nitrogen and oxygen atoms in total. The highest BCUT2D eigenvalue weighted by atomic mass is 16.6. The van der Waals surface area contributed by atoms with Crippen LogP contribution in [0.1, 0.15) is 97.3 Å². The second-order valence-electron chi connectivity index (χ2n) is 12.4. The van der Waals surface area contributed by atoms with E-state index in [0.29, 0.717) is 0 Å². The summed E-state index contributed by atoms with van der Waals surface area (Å²) >= 11 is 0. The number of ether oxygens (including phenoxy) is 1. The van der Waals surface area contributed by atoms with Crippen molar-refractivity contribution < 1.29 is 73.4 Å². The average molecular weight is 704 g/mol. The molecule has 0 spiro atoms. The number of nitrogens with zero attached hydrogens (tertiary/aromatic N) is 1. The first kappa shape index (κ1) is 44.5. The van der Waals surface area contributed by atoms with Gasteiger partial charge < -0.3 is 41.7 Å². The maximum Gasteiger partial charge on any atom is 0.372 e. The molecule has 4 atom stereocenters. The molecule has 278 valence electrons. The summed E-state index contributed by atoms with van der Waals surface area (Å²) < 4.78 is 5.45. The second-order valence-corrected chi connectivity index (χ2v) is 12.4. The van der Waals surface area contributed by atoms with Crippen LogP contribution in [0.25, 0.3) is 0 Å². The maximum atomic E-state index is 13.0. The predicted octanol–water partition coefficient (Wildman–Crippen LogP) is 0.655. The maximum absolute atomic E-state index is 13.0. The number of rotatable bonds is 23. The number of amides is 1. The summed E-state index contributed by atoms with van der Waals surface area (Å²) in [6.07, 6.45) is 0.419. The Morgan fingerprint density at radius 3 is 1.71 bits per heavy atom.